The van der Waals surface area contributed by atoms with Gasteiger partial charge in [-0.2, -0.15) is 9.78 Å². The molecule has 0 aliphatic heterocycles. The quantitative estimate of drug-likeness (QED) is 0.295. The Kier molecular flexibility index (Phi) is 6.61. The van der Waals surface area contributed by atoms with Crippen LogP contribution in [0.5, 0.6) is 0 Å². The fourth-order valence-corrected chi connectivity index (χ4v) is 4.80. The van der Waals surface area contributed by atoms with Gasteiger partial charge in [-0.15, -0.1) is 11.3 Å². The number of ether oxygens (including phenoxy) is 1. The second kappa shape index (κ2) is 10.2. The minimum Gasteiger partial charge on any atom is -0.461 e. The number of anilines is 1. The van der Waals surface area contributed by atoms with Gasteiger partial charge in [-0.25, -0.2) is 9.18 Å². The first-order valence-corrected chi connectivity index (χ1v) is 12.3. The summed E-state index contributed by atoms with van der Waals surface area (Å²) in [5, 5.41) is 9.23. The SMILES string of the molecule is CCOC(=O)c1nn(-c2ccc(F)cc2)c(=O)c2c(NC(=O)c3ccc(-c4ccccc4)cc3)scc12. The van der Waals surface area contributed by atoms with E-state index in [4.69, 9.17) is 4.74 Å². The molecule has 5 rings (SSSR count). The lowest BCUT2D eigenvalue weighted by molar-refractivity contribution is 0.0520. The number of hydrogen-bond donors (Lipinski definition) is 1. The number of hydrogen-bond acceptors (Lipinski definition) is 6. The molecule has 0 fully saturated rings. The smallest absolute Gasteiger partial charge is 0.359 e. The van der Waals surface area contributed by atoms with E-state index in [0.717, 1.165) is 27.1 Å². The number of aromatic nitrogens is 2. The van der Waals surface area contributed by atoms with Crippen LogP contribution in [0.3, 0.4) is 0 Å². The van der Waals surface area contributed by atoms with E-state index in [1.54, 1.807) is 24.4 Å². The highest BCUT2D eigenvalue weighted by molar-refractivity contribution is 7.16. The molecule has 0 atom stereocenters. The molecule has 0 aliphatic carbocycles. The van der Waals surface area contributed by atoms with Crippen molar-refractivity contribution < 1.29 is 18.7 Å². The van der Waals surface area contributed by atoms with Crippen molar-refractivity contribution in [2.75, 3.05) is 11.9 Å². The van der Waals surface area contributed by atoms with Gasteiger partial charge in [0.1, 0.15) is 10.8 Å². The van der Waals surface area contributed by atoms with Gasteiger partial charge in [0.2, 0.25) is 0 Å². The summed E-state index contributed by atoms with van der Waals surface area (Å²) >= 11 is 1.10. The van der Waals surface area contributed by atoms with Gasteiger partial charge in [0.25, 0.3) is 11.5 Å². The van der Waals surface area contributed by atoms with Crippen LogP contribution in [0, 0.1) is 5.82 Å². The molecule has 0 saturated carbocycles. The lowest BCUT2D eigenvalue weighted by Gasteiger charge is -2.10. The van der Waals surface area contributed by atoms with Gasteiger partial charge in [-0.05, 0) is 54.4 Å². The number of nitrogens with one attached hydrogen (secondary N) is 1. The van der Waals surface area contributed by atoms with Crippen LogP contribution in [-0.4, -0.2) is 28.3 Å². The van der Waals surface area contributed by atoms with Gasteiger partial charge in [-0.1, -0.05) is 42.5 Å². The molecule has 0 bridgehead atoms. The van der Waals surface area contributed by atoms with E-state index >= 15 is 0 Å². The molecule has 7 nitrogen and oxygen atoms in total. The Labute approximate surface area is 214 Å². The molecule has 2 aromatic heterocycles. The van der Waals surface area contributed by atoms with Crippen molar-refractivity contribution in [1.29, 1.82) is 0 Å². The maximum Gasteiger partial charge on any atom is 0.359 e. The van der Waals surface area contributed by atoms with Gasteiger partial charge >= 0.3 is 5.97 Å². The Bertz CT molecular complexity index is 1660. The minimum atomic E-state index is -0.712. The van der Waals surface area contributed by atoms with E-state index in [1.807, 2.05) is 42.5 Å². The highest BCUT2D eigenvalue weighted by Crippen LogP contribution is 2.31. The van der Waals surface area contributed by atoms with Crippen LogP contribution in [0.2, 0.25) is 0 Å². The average Bonchev–Trinajstić information content (AvgIpc) is 3.34. The van der Waals surface area contributed by atoms with Crippen LogP contribution in [-0.2, 0) is 4.74 Å². The number of nitrogens with zero attached hydrogens (tertiary/aromatic N) is 2. The molecule has 0 spiro atoms. The van der Waals surface area contributed by atoms with E-state index in [9.17, 15) is 18.8 Å². The van der Waals surface area contributed by atoms with E-state index in [-0.39, 0.29) is 33.8 Å². The van der Waals surface area contributed by atoms with Crippen molar-refractivity contribution in [3.8, 4) is 16.8 Å². The maximum atomic E-state index is 13.5. The summed E-state index contributed by atoms with van der Waals surface area (Å²) in [5.41, 5.74) is 2.01. The van der Waals surface area contributed by atoms with E-state index in [2.05, 4.69) is 10.4 Å². The summed E-state index contributed by atoms with van der Waals surface area (Å²) < 4.78 is 19.6. The van der Waals surface area contributed by atoms with E-state index in [1.165, 1.54) is 24.3 Å². The second-order valence-electron chi connectivity index (χ2n) is 8.01. The molecule has 184 valence electrons. The van der Waals surface area contributed by atoms with Gasteiger partial charge < -0.3 is 10.1 Å². The molecule has 0 saturated heterocycles. The summed E-state index contributed by atoms with van der Waals surface area (Å²) in [6.07, 6.45) is 0. The summed E-state index contributed by atoms with van der Waals surface area (Å²) in [6, 6.07) is 22.0. The van der Waals surface area contributed by atoms with Gasteiger partial charge in [-0.3, -0.25) is 9.59 Å². The summed E-state index contributed by atoms with van der Waals surface area (Å²) in [7, 11) is 0. The number of halogens is 1. The molecule has 2 heterocycles. The van der Waals surface area contributed by atoms with Gasteiger partial charge in [0.15, 0.2) is 5.69 Å². The van der Waals surface area contributed by atoms with Crippen molar-refractivity contribution in [1.82, 2.24) is 9.78 Å². The topological polar surface area (TPSA) is 90.3 Å². The molecule has 0 radical (unpaired) electrons. The first kappa shape index (κ1) is 24.1. The lowest BCUT2D eigenvalue weighted by atomic mass is 10.0. The van der Waals surface area contributed by atoms with Crippen LogP contribution in [0.15, 0.2) is 89.0 Å². The standard InChI is InChI=1S/C28H20FN3O4S/c1-2-36-28(35)24-22-16-37-26(23(22)27(34)32(31-24)21-14-12-20(29)13-15-21)30-25(33)19-10-8-18(9-11-19)17-6-4-3-5-7-17/h3-16H,2H2,1H3,(H,30,33). The first-order chi connectivity index (χ1) is 18.0. The predicted octanol–water partition coefficient (Wildman–Crippen LogP) is 5.68. The zero-order valence-corrected chi connectivity index (χ0v) is 20.4. The van der Waals surface area contributed by atoms with Crippen LogP contribution < -0.4 is 10.9 Å². The average molecular weight is 514 g/mol. The largest absolute Gasteiger partial charge is 0.461 e. The predicted molar refractivity (Wildman–Crippen MR) is 141 cm³/mol. The number of carbonyl (C=O) groups is 2. The Hall–Kier alpha value is -4.63. The zero-order valence-electron chi connectivity index (χ0n) is 19.6. The van der Waals surface area contributed by atoms with Gasteiger partial charge in [0.05, 0.1) is 17.7 Å². The van der Waals surface area contributed by atoms with Crippen LogP contribution >= 0.6 is 11.3 Å². The van der Waals surface area contributed by atoms with Crippen molar-refractivity contribution in [3.63, 3.8) is 0 Å². The van der Waals surface area contributed by atoms with Crippen molar-refractivity contribution >= 4 is 39.0 Å². The molecule has 1 N–H and O–H groups in total. The Morgan fingerprint density at radius 1 is 0.973 bits per heavy atom. The number of amides is 1. The molecular formula is C28H20FN3O4S. The van der Waals surface area contributed by atoms with Crippen molar-refractivity contribution in [3.05, 3.63) is 112 Å². The highest BCUT2D eigenvalue weighted by Gasteiger charge is 2.23. The molecule has 37 heavy (non-hydrogen) atoms. The van der Waals surface area contributed by atoms with Crippen molar-refractivity contribution in [2.24, 2.45) is 0 Å². The lowest BCUT2D eigenvalue weighted by Crippen LogP contribution is -2.25. The minimum absolute atomic E-state index is 0.0789. The van der Waals surface area contributed by atoms with Crippen LogP contribution in [0.4, 0.5) is 9.39 Å². The summed E-state index contributed by atoms with van der Waals surface area (Å²) in [4.78, 5) is 39.2. The Balaban J connectivity index is 1.54. The van der Waals surface area contributed by atoms with Crippen molar-refractivity contribution in [2.45, 2.75) is 6.92 Å². The Morgan fingerprint density at radius 3 is 2.32 bits per heavy atom. The first-order valence-electron chi connectivity index (χ1n) is 11.4. The fourth-order valence-electron chi connectivity index (χ4n) is 3.87. The second-order valence-corrected chi connectivity index (χ2v) is 8.89. The Morgan fingerprint density at radius 2 is 1.65 bits per heavy atom. The number of esters is 1. The number of rotatable bonds is 6. The number of thiophene rings is 1. The molecular weight excluding hydrogens is 493 g/mol. The summed E-state index contributed by atoms with van der Waals surface area (Å²) in [5.74, 6) is -1.61. The number of carbonyl (C=O) groups excluding carboxylic acids is 2. The maximum absolute atomic E-state index is 13.5. The van der Waals surface area contributed by atoms with Gasteiger partial charge in [0, 0.05) is 16.3 Å². The molecule has 0 aliphatic rings. The third-order valence-electron chi connectivity index (χ3n) is 5.67. The van der Waals surface area contributed by atoms with Crippen LogP contribution in [0.25, 0.3) is 27.6 Å². The third-order valence-corrected chi connectivity index (χ3v) is 6.57. The van der Waals surface area contributed by atoms with Crippen LogP contribution in [0.1, 0.15) is 27.8 Å². The molecule has 5 aromatic rings. The number of fused-ring (bicyclic) bond motifs is 1. The third kappa shape index (κ3) is 4.76. The zero-order chi connectivity index (χ0) is 25.9. The highest BCUT2D eigenvalue weighted by atomic mass is 32.1. The molecule has 0 unspecified atom stereocenters. The molecule has 3 aromatic carbocycles. The van der Waals surface area contributed by atoms with E-state index < -0.39 is 23.3 Å². The number of benzene rings is 3. The summed E-state index contributed by atoms with van der Waals surface area (Å²) in [6.45, 7) is 1.78. The normalized spacial score (nSPS) is 10.9. The molecule has 1 amide bonds. The fraction of sp³-hybridized carbons (Fsp3) is 0.0714. The monoisotopic (exact) mass is 513 g/mol. The molecule has 9 heteroatoms. The van der Waals surface area contributed by atoms with E-state index in [0.29, 0.717) is 5.56 Å².